The maximum atomic E-state index is 13.0. The van der Waals surface area contributed by atoms with Crippen molar-refractivity contribution in [1.82, 2.24) is 24.7 Å². The predicted octanol–water partition coefficient (Wildman–Crippen LogP) is 4.10. The highest BCUT2D eigenvalue weighted by Gasteiger charge is 2.40. The average molecular weight is 526 g/mol. The van der Waals surface area contributed by atoms with Crippen LogP contribution in [0.3, 0.4) is 0 Å². The number of anilines is 2. The van der Waals surface area contributed by atoms with Crippen LogP contribution >= 0.6 is 0 Å². The van der Waals surface area contributed by atoms with E-state index in [-0.39, 0.29) is 18.2 Å². The average Bonchev–Trinajstić information content (AvgIpc) is 3.60. The first kappa shape index (κ1) is 24.5. The van der Waals surface area contributed by atoms with Crippen molar-refractivity contribution in [3.8, 4) is 11.3 Å². The smallest absolute Gasteiger partial charge is 0.326 e. The largest absolute Gasteiger partial charge is 0.480 e. The lowest BCUT2D eigenvalue weighted by Crippen LogP contribution is -2.36. The molecule has 1 saturated heterocycles. The monoisotopic (exact) mass is 525 g/mol. The Bertz CT molecular complexity index is 1740. The first-order valence-electron chi connectivity index (χ1n) is 12.7. The minimum absolute atomic E-state index is 0.164. The molecule has 5 heterocycles. The molecule has 198 valence electrons. The van der Waals surface area contributed by atoms with Crippen LogP contribution in [-0.2, 0) is 16.6 Å². The molecule has 1 fully saturated rings. The molecule has 1 aliphatic rings. The Balaban J connectivity index is 1.22. The fourth-order valence-corrected chi connectivity index (χ4v) is 5.38. The fourth-order valence-electron chi connectivity index (χ4n) is 5.38. The summed E-state index contributed by atoms with van der Waals surface area (Å²) in [6.07, 6.45) is 5.73. The van der Waals surface area contributed by atoms with Gasteiger partial charge in [-0.2, -0.15) is 5.10 Å². The number of furan rings is 1. The van der Waals surface area contributed by atoms with Crippen LogP contribution < -0.4 is 10.2 Å². The number of amides is 1. The number of aromatic nitrogens is 5. The molecule has 2 atom stereocenters. The summed E-state index contributed by atoms with van der Waals surface area (Å²) in [5, 5.41) is 18.0. The standard InChI is InChI=1S/C28H27N7O4/c1-15-8-19(12-29-24(15)18-11-30-34(3)14-18)33-23(36)10-17-9-21(28(37)38)35(13-17)27-26-25(31-16(2)32-27)20-6-4-5-7-22(20)39-26/h4-8,11-12,14,17,21H,9-10,13H2,1-3H3,(H,33,36)(H,37,38)/t17-,21+/m1/s1. The third-order valence-electron chi connectivity index (χ3n) is 7.07. The normalized spacial score (nSPS) is 17.3. The third kappa shape index (κ3) is 4.56. The number of fused-ring (bicyclic) bond motifs is 3. The Morgan fingerprint density at radius 2 is 2.00 bits per heavy atom. The Morgan fingerprint density at radius 3 is 2.74 bits per heavy atom. The van der Waals surface area contributed by atoms with Gasteiger partial charge < -0.3 is 19.7 Å². The van der Waals surface area contributed by atoms with E-state index < -0.39 is 12.0 Å². The van der Waals surface area contributed by atoms with Gasteiger partial charge in [0.1, 0.15) is 23.0 Å². The molecule has 0 bridgehead atoms. The number of carbonyl (C=O) groups is 2. The number of rotatable bonds is 6. The van der Waals surface area contributed by atoms with Gasteiger partial charge in [0, 0.05) is 37.2 Å². The van der Waals surface area contributed by atoms with Crippen LogP contribution in [-0.4, -0.2) is 54.3 Å². The third-order valence-corrected chi connectivity index (χ3v) is 7.07. The Hall–Kier alpha value is -4.80. The predicted molar refractivity (Wildman–Crippen MR) is 145 cm³/mol. The number of carboxylic acids is 1. The lowest BCUT2D eigenvalue weighted by atomic mass is 10.0. The van der Waals surface area contributed by atoms with Crippen molar-refractivity contribution in [3.63, 3.8) is 0 Å². The molecule has 0 aliphatic carbocycles. The van der Waals surface area contributed by atoms with E-state index in [0.29, 0.717) is 47.0 Å². The molecule has 6 rings (SSSR count). The van der Waals surface area contributed by atoms with Crippen molar-refractivity contribution in [2.24, 2.45) is 13.0 Å². The molecular weight excluding hydrogens is 498 g/mol. The zero-order valence-electron chi connectivity index (χ0n) is 21.8. The number of benzene rings is 1. The van der Waals surface area contributed by atoms with E-state index in [0.717, 1.165) is 22.2 Å². The van der Waals surface area contributed by atoms with Crippen molar-refractivity contribution < 1.29 is 19.1 Å². The molecule has 1 aliphatic heterocycles. The number of para-hydroxylation sites is 1. The van der Waals surface area contributed by atoms with Crippen molar-refractivity contribution in [1.29, 1.82) is 0 Å². The molecule has 39 heavy (non-hydrogen) atoms. The van der Waals surface area contributed by atoms with Crippen molar-refractivity contribution in [3.05, 3.63) is 60.3 Å². The van der Waals surface area contributed by atoms with Crippen molar-refractivity contribution in [2.75, 3.05) is 16.8 Å². The number of pyridine rings is 1. The van der Waals surface area contributed by atoms with E-state index in [1.807, 2.05) is 50.5 Å². The summed E-state index contributed by atoms with van der Waals surface area (Å²) < 4.78 is 7.79. The van der Waals surface area contributed by atoms with Crippen molar-refractivity contribution in [2.45, 2.75) is 32.7 Å². The molecule has 0 radical (unpaired) electrons. The molecule has 0 saturated carbocycles. The number of hydrogen-bond acceptors (Lipinski definition) is 8. The van der Waals surface area contributed by atoms with Gasteiger partial charge in [-0.15, -0.1) is 0 Å². The van der Waals surface area contributed by atoms with Crippen LogP contribution in [0.15, 0.2) is 53.3 Å². The molecule has 5 aromatic rings. The number of nitrogens with zero attached hydrogens (tertiary/aromatic N) is 6. The zero-order valence-corrected chi connectivity index (χ0v) is 21.8. The highest BCUT2D eigenvalue weighted by atomic mass is 16.4. The van der Waals surface area contributed by atoms with E-state index in [1.54, 1.807) is 28.9 Å². The minimum atomic E-state index is -0.968. The summed E-state index contributed by atoms with van der Waals surface area (Å²) in [5.41, 5.74) is 4.96. The Morgan fingerprint density at radius 1 is 1.18 bits per heavy atom. The molecular formula is C28H27N7O4. The second-order valence-electron chi connectivity index (χ2n) is 10.0. The molecule has 4 aromatic heterocycles. The van der Waals surface area contributed by atoms with E-state index in [9.17, 15) is 14.7 Å². The summed E-state index contributed by atoms with van der Waals surface area (Å²) in [5.74, 6) is -0.398. The van der Waals surface area contributed by atoms with Gasteiger partial charge in [0.25, 0.3) is 0 Å². The van der Waals surface area contributed by atoms with Crippen LogP contribution in [0.25, 0.3) is 33.3 Å². The SMILES string of the molecule is Cc1nc(N2C[C@@H](CC(=O)Nc3cnc(-c4cnn(C)c4)c(C)c3)C[C@H]2C(=O)O)c2oc3ccccc3c2n1. The molecule has 1 amide bonds. The minimum Gasteiger partial charge on any atom is -0.480 e. The summed E-state index contributed by atoms with van der Waals surface area (Å²) in [7, 11) is 1.84. The molecule has 0 unspecified atom stereocenters. The van der Waals surface area contributed by atoms with E-state index >= 15 is 0 Å². The van der Waals surface area contributed by atoms with Crippen LogP contribution in [0, 0.1) is 19.8 Å². The number of aliphatic carboxylic acids is 1. The van der Waals surface area contributed by atoms with Crippen LogP contribution in [0.1, 0.15) is 24.2 Å². The van der Waals surface area contributed by atoms with Gasteiger partial charge in [-0.3, -0.25) is 14.5 Å². The second-order valence-corrected chi connectivity index (χ2v) is 10.0. The van der Waals surface area contributed by atoms with Gasteiger partial charge in [-0.1, -0.05) is 12.1 Å². The molecule has 1 aromatic carbocycles. The lowest BCUT2D eigenvalue weighted by Gasteiger charge is -2.22. The molecule has 11 heteroatoms. The zero-order chi connectivity index (χ0) is 27.3. The Labute approximate surface area is 223 Å². The first-order chi connectivity index (χ1) is 18.8. The maximum Gasteiger partial charge on any atom is 0.326 e. The Kier molecular flexibility index (Phi) is 5.97. The van der Waals surface area contributed by atoms with Crippen LogP contribution in [0.4, 0.5) is 11.5 Å². The van der Waals surface area contributed by atoms with Gasteiger partial charge in [-0.25, -0.2) is 14.8 Å². The van der Waals surface area contributed by atoms with E-state index in [4.69, 9.17) is 4.42 Å². The van der Waals surface area contributed by atoms with E-state index in [1.165, 1.54) is 0 Å². The topological polar surface area (TPSA) is 139 Å². The molecule has 11 nitrogen and oxygen atoms in total. The van der Waals surface area contributed by atoms with Crippen LogP contribution in [0.5, 0.6) is 0 Å². The number of carbonyl (C=O) groups excluding carboxylic acids is 1. The van der Waals surface area contributed by atoms with Gasteiger partial charge in [0.15, 0.2) is 11.4 Å². The lowest BCUT2D eigenvalue weighted by molar-refractivity contribution is -0.138. The molecule has 2 N–H and O–H groups in total. The fraction of sp³-hybridized carbons (Fsp3) is 0.286. The quantitative estimate of drug-likeness (QED) is 0.335. The van der Waals surface area contributed by atoms with E-state index in [2.05, 4.69) is 25.4 Å². The summed E-state index contributed by atoms with van der Waals surface area (Å²) in [6.45, 7) is 4.06. The summed E-state index contributed by atoms with van der Waals surface area (Å²) in [4.78, 5) is 40.6. The number of aryl methyl sites for hydroxylation is 3. The van der Waals surface area contributed by atoms with Crippen LogP contribution in [0.2, 0.25) is 0 Å². The van der Waals surface area contributed by atoms with Crippen molar-refractivity contribution >= 4 is 45.5 Å². The number of carboxylic acid groups (broad SMARTS) is 1. The summed E-state index contributed by atoms with van der Waals surface area (Å²) >= 11 is 0. The highest BCUT2D eigenvalue weighted by Crippen LogP contribution is 2.38. The second kappa shape index (κ2) is 9.50. The molecule has 0 spiro atoms. The number of hydrogen-bond donors (Lipinski definition) is 2. The van der Waals surface area contributed by atoms with Gasteiger partial charge in [0.05, 0.1) is 23.8 Å². The van der Waals surface area contributed by atoms with Gasteiger partial charge in [-0.05, 0) is 49.9 Å². The van der Waals surface area contributed by atoms with Gasteiger partial charge >= 0.3 is 5.97 Å². The van der Waals surface area contributed by atoms with Gasteiger partial charge in [0.2, 0.25) is 5.91 Å². The maximum absolute atomic E-state index is 13.0. The number of nitrogens with one attached hydrogen (secondary N) is 1. The highest BCUT2D eigenvalue weighted by molar-refractivity contribution is 6.06. The summed E-state index contributed by atoms with van der Waals surface area (Å²) in [6, 6.07) is 8.58. The first-order valence-corrected chi connectivity index (χ1v) is 12.7.